The molecule has 27 heavy (non-hydrogen) atoms. The van der Waals surface area contributed by atoms with Gasteiger partial charge in [-0.3, -0.25) is 19.7 Å². The fraction of sp³-hybridized carbons (Fsp3) is 0.250. The van der Waals surface area contributed by atoms with Crippen LogP contribution in [0.25, 0.3) is 0 Å². The number of nitrogens with zero attached hydrogens (tertiary/aromatic N) is 1. The van der Waals surface area contributed by atoms with E-state index in [9.17, 15) is 24.6 Å². The molecule has 0 spiro atoms. The number of hydrogen-bond donors (Lipinski definition) is 3. The number of aliphatic carboxylic acids is 1. The zero-order chi connectivity index (χ0) is 19.3. The summed E-state index contributed by atoms with van der Waals surface area (Å²) in [6.07, 6.45) is 0. The molecule has 7 nitrogen and oxygen atoms in total. The zero-order valence-corrected chi connectivity index (χ0v) is 14.5. The SMILES string of the molecule is Cc1cccc(N2C(=O)[C@@H]3[C@H](C2=O)[C@H](C(=O)O)N[C@H]3c2ccccc2O)c1. The van der Waals surface area contributed by atoms with Gasteiger partial charge in [0.05, 0.1) is 17.5 Å². The molecule has 4 atom stereocenters. The van der Waals surface area contributed by atoms with Gasteiger partial charge in [-0.1, -0.05) is 30.3 Å². The van der Waals surface area contributed by atoms with E-state index in [4.69, 9.17) is 0 Å². The molecule has 2 aliphatic heterocycles. The van der Waals surface area contributed by atoms with Crippen molar-refractivity contribution >= 4 is 23.5 Å². The number of aryl methyl sites for hydroxylation is 1. The number of phenolic OH excluding ortho intramolecular Hbond substituents is 1. The lowest BCUT2D eigenvalue weighted by atomic mass is 9.86. The first kappa shape index (κ1) is 17.2. The van der Waals surface area contributed by atoms with Gasteiger partial charge >= 0.3 is 5.97 Å². The number of hydrogen-bond acceptors (Lipinski definition) is 5. The minimum atomic E-state index is -1.20. The summed E-state index contributed by atoms with van der Waals surface area (Å²) in [5, 5.41) is 22.6. The first-order valence-electron chi connectivity index (χ1n) is 8.61. The van der Waals surface area contributed by atoms with Crippen molar-refractivity contribution in [1.29, 1.82) is 0 Å². The second-order valence-corrected chi connectivity index (χ2v) is 6.92. The molecule has 4 rings (SSSR count). The number of imide groups is 1. The van der Waals surface area contributed by atoms with Crippen molar-refractivity contribution in [2.45, 2.75) is 19.0 Å². The number of nitrogens with one attached hydrogen (secondary N) is 1. The maximum Gasteiger partial charge on any atom is 0.321 e. The first-order valence-corrected chi connectivity index (χ1v) is 8.61. The highest BCUT2D eigenvalue weighted by Crippen LogP contribution is 2.46. The molecule has 2 saturated heterocycles. The second-order valence-electron chi connectivity index (χ2n) is 6.92. The number of carboxylic acid groups (broad SMARTS) is 1. The number of carbonyl (C=O) groups excluding carboxylic acids is 2. The van der Waals surface area contributed by atoms with E-state index in [0.29, 0.717) is 11.3 Å². The molecule has 2 fully saturated rings. The van der Waals surface area contributed by atoms with Crippen LogP contribution in [0, 0.1) is 18.8 Å². The summed E-state index contributed by atoms with van der Waals surface area (Å²) < 4.78 is 0. The number of benzene rings is 2. The third kappa shape index (κ3) is 2.59. The van der Waals surface area contributed by atoms with Crippen molar-refractivity contribution in [3.8, 4) is 5.75 Å². The van der Waals surface area contributed by atoms with Gasteiger partial charge in [0.1, 0.15) is 11.8 Å². The number of phenols is 1. The lowest BCUT2D eigenvalue weighted by Crippen LogP contribution is -2.43. The van der Waals surface area contributed by atoms with E-state index in [1.807, 2.05) is 13.0 Å². The number of fused-ring (bicyclic) bond motifs is 1. The third-order valence-corrected chi connectivity index (χ3v) is 5.27. The molecule has 7 heteroatoms. The molecule has 0 unspecified atom stereocenters. The van der Waals surface area contributed by atoms with Crippen molar-refractivity contribution < 1.29 is 24.6 Å². The van der Waals surface area contributed by atoms with Gasteiger partial charge in [-0.15, -0.1) is 0 Å². The average Bonchev–Trinajstić information content (AvgIpc) is 3.13. The molecule has 2 amide bonds. The van der Waals surface area contributed by atoms with Crippen molar-refractivity contribution in [2.75, 3.05) is 4.90 Å². The Bertz CT molecular complexity index is 957. The smallest absolute Gasteiger partial charge is 0.321 e. The van der Waals surface area contributed by atoms with E-state index in [1.54, 1.807) is 36.4 Å². The molecule has 3 N–H and O–H groups in total. The Morgan fingerprint density at radius 3 is 2.41 bits per heavy atom. The maximum atomic E-state index is 13.2. The lowest BCUT2D eigenvalue weighted by Gasteiger charge is -2.22. The van der Waals surface area contributed by atoms with Crippen molar-refractivity contribution in [2.24, 2.45) is 11.8 Å². The third-order valence-electron chi connectivity index (χ3n) is 5.27. The Balaban J connectivity index is 1.80. The van der Waals surface area contributed by atoms with Crippen LogP contribution in [-0.4, -0.2) is 34.0 Å². The van der Waals surface area contributed by atoms with Crippen LogP contribution in [0.1, 0.15) is 17.2 Å². The molecular formula is C20H18N2O5. The van der Waals surface area contributed by atoms with Gasteiger partial charge in [0.2, 0.25) is 11.8 Å². The van der Waals surface area contributed by atoms with E-state index in [0.717, 1.165) is 10.5 Å². The monoisotopic (exact) mass is 366 g/mol. The highest BCUT2D eigenvalue weighted by molar-refractivity contribution is 6.23. The Labute approximate surface area is 155 Å². The quantitative estimate of drug-likeness (QED) is 0.713. The standard InChI is InChI=1S/C20H18N2O5/c1-10-5-4-6-11(9-10)22-18(24)14-15(19(22)25)17(20(26)27)21-16(14)12-7-2-3-8-13(12)23/h2-9,14-17,21,23H,1H3,(H,26,27)/t14-,15+,16+,17-/m1/s1. The van der Waals surface area contributed by atoms with Crippen LogP contribution in [0.5, 0.6) is 5.75 Å². The summed E-state index contributed by atoms with van der Waals surface area (Å²) in [4.78, 5) is 39.0. The van der Waals surface area contributed by atoms with Crippen LogP contribution in [0.2, 0.25) is 0 Å². The highest BCUT2D eigenvalue weighted by Gasteiger charge is 2.61. The lowest BCUT2D eigenvalue weighted by molar-refractivity contribution is -0.142. The molecule has 0 aromatic heterocycles. The molecule has 2 aromatic rings. The van der Waals surface area contributed by atoms with Gasteiger partial charge in [0, 0.05) is 11.6 Å². The molecule has 0 aliphatic carbocycles. The molecule has 2 aromatic carbocycles. The number of rotatable bonds is 3. The number of aromatic hydroxyl groups is 1. The van der Waals surface area contributed by atoms with Gasteiger partial charge in [-0.25, -0.2) is 4.90 Å². The molecule has 138 valence electrons. The topological polar surface area (TPSA) is 107 Å². The largest absolute Gasteiger partial charge is 0.508 e. The van der Waals surface area contributed by atoms with Crippen LogP contribution in [0.4, 0.5) is 5.69 Å². The summed E-state index contributed by atoms with van der Waals surface area (Å²) in [5.41, 5.74) is 1.72. The predicted octanol–water partition coefficient (Wildman–Crippen LogP) is 1.60. The summed E-state index contributed by atoms with van der Waals surface area (Å²) >= 11 is 0. The van der Waals surface area contributed by atoms with Crippen molar-refractivity contribution in [1.82, 2.24) is 5.32 Å². The molecule has 2 heterocycles. The molecular weight excluding hydrogens is 348 g/mol. The number of carbonyl (C=O) groups is 3. The Morgan fingerprint density at radius 2 is 1.74 bits per heavy atom. The summed E-state index contributed by atoms with van der Waals surface area (Å²) in [7, 11) is 0. The average molecular weight is 366 g/mol. The fourth-order valence-corrected chi connectivity index (χ4v) is 4.09. The van der Waals surface area contributed by atoms with Crippen LogP contribution < -0.4 is 10.2 Å². The van der Waals surface area contributed by atoms with Crippen molar-refractivity contribution in [3.63, 3.8) is 0 Å². The second kappa shape index (κ2) is 6.21. The fourth-order valence-electron chi connectivity index (χ4n) is 4.09. The van der Waals surface area contributed by atoms with E-state index in [2.05, 4.69) is 5.32 Å². The molecule has 0 saturated carbocycles. The van der Waals surface area contributed by atoms with Crippen LogP contribution >= 0.6 is 0 Å². The van der Waals surface area contributed by atoms with Gasteiger partial charge < -0.3 is 10.2 Å². The van der Waals surface area contributed by atoms with E-state index >= 15 is 0 Å². The van der Waals surface area contributed by atoms with E-state index in [1.165, 1.54) is 6.07 Å². The van der Waals surface area contributed by atoms with Crippen LogP contribution in [-0.2, 0) is 14.4 Å². The first-order chi connectivity index (χ1) is 12.9. The maximum absolute atomic E-state index is 13.2. The minimum absolute atomic E-state index is 0.0472. The number of anilines is 1. The summed E-state index contributed by atoms with van der Waals surface area (Å²) in [6.45, 7) is 1.85. The number of amides is 2. The highest BCUT2D eigenvalue weighted by atomic mass is 16.4. The van der Waals surface area contributed by atoms with Gasteiger partial charge in [0.25, 0.3) is 0 Å². The Morgan fingerprint density at radius 1 is 1.04 bits per heavy atom. The summed E-state index contributed by atoms with van der Waals surface area (Å²) in [5.74, 6) is -4.16. The van der Waals surface area contributed by atoms with Gasteiger partial charge in [-0.2, -0.15) is 0 Å². The Hall–Kier alpha value is -3.19. The number of carboxylic acids is 1. The van der Waals surface area contributed by atoms with Crippen molar-refractivity contribution in [3.05, 3.63) is 59.7 Å². The Kier molecular flexibility index (Phi) is 3.96. The zero-order valence-electron chi connectivity index (χ0n) is 14.5. The van der Waals surface area contributed by atoms with Crippen LogP contribution in [0.15, 0.2) is 48.5 Å². The molecule has 0 bridgehead atoms. The minimum Gasteiger partial charge on any atom is -0.508 e. The normalized spacial score (nSPS) is 27.1. The predicted molar refractivity (Wildman–Crippen MR) is 96.1 cm³/mol. The molecule has 0 radical (unpaired) electrons. The van der Waals surface area contributed by atoms with E-state index < -0.39 is 41.7 Å². The number of para-hydroxylation sites is 1. The summed E-state index contributed by atoms with van der Waals surface area (Å²) in [6, 6.07) is 11.4. The van der Waals surface area contributed by atoms with Gasteiger partial charge in [-0.05, 0) is 30.7 Å². The molecule has 2 aliphatic rings. The van der Waals surface area contributed by atoms with Gasteiger partial charge in [0.15, 0.2) is 0 Å². The van der Waals surface area contributed by atoms with Crippen LogP contribution in [0.3, 0.4) is 0 Å². The van der Waals surface area contributed by atoms with E-state index in [-0.39, 0.29) is 5.75 Å².